The molecule has 1 aromatic rings. The third-order valence-corrected chi connectivity index (χ3v) is 4.46. The molecule has 1 saturated carbocycles. The van der Waals surface area contributed by atoms with Gasteiger partial charge in [0.2, 0.25) is 5.13 Å². The number of fused-ring (bicyclic) bond motifs is 1. The van der Waals surface area contributed by atoms with Crippen LogP contribution in [0.5, 0.6) is 0 Å². The average molecular weight is 239 g/mol. The molecule has 5 nitrogen and oxygen atoms in total. The lowest BCUT2D eigenvalue weighted by Gasteiger charge is -2.22. The Bertz CT molecular complexity index is 395. The van der Waals surface area contributed by atoms with Crippen LogP contribution in [0, 0.1) is 11.8 Å². The molecule has 86 valence electrons. The lowest BCUT2D eigenvalue weighted by molar-refractivity contribution is -0.139. The molecule has 1 N–H and O–H groups in total. The Hall–Kier alpha value is -1.17. The van der Waals surface area contributed by atoms with Crippen molar-refractivity contribution in [2.75, 3.05) is 11.4 Å². The Morgan fingerprint density at radius 3 is 3.12 bits per heavy atom. The molecular formula is C10H13N3O2S. The second kappa shape index (κ2) is 3.69. The van der Waals surface area contributed by atoms with Crippen LogP contribution >= 0.6 is 11.3 Å². The third-order valence-electron chi connectivity index (χ3n) is 3.74. The largest absolute Gasteiger partial charge is 0.480 e. The molecule has 3 rings (SSSR count). The van der Waals surface area contributed by atoms with Gasteiger partial charge in [-0.2, -0.15) is 0 Å². The molecule has 1 aliphatic heterocycles. The van der Waals surface area contributed by atoms with E-state index in [9.17, 15) is 9.90 Å². The van der Waals surface area contributed by atoms with Crippen LogP contribution in [0.1, 0.15) is 19.3 Å². The Balaban J connectivity index is 1.91. The van der Waals surface area contributed by atoms with Crippen molar-refractivity contribution in [2.45, 2.75) is 25.3 Å². The van der Waals surface area contributed by atoms with Gasteiger partial charge >= 0.3 is 5.97 Å². The first kappa shape index (κ1) is 10.0. The predicted molar refractivity (Wildman–Crippen MR) is 59.5 cm³/mol. The highest BCUT2D eigenvalue weighted by Crippen LogP contribution is 2.44. The standard InChI is InChI=1S/C10H13N3O2S/c14-9(15)8-7-3-1-2-6(7)4-13(8)10-12-11-5-16-10/h5-8H,1-4H2,(H,14,15). The average Bonchev–Trinajstić information content (AvgIpc) is 2.92. The van der Waals surface area contributed by atoms with Crippen LogP contribution < -0.4 is 4.90 Å². The summed E-state index contributed by atoms with van der Waals surface area (Å²) in [6.07, 6.45) is 3.36. The summed E-state index contributed by atoms with van der Waals surface area (Å²) in [5.41, 5.74) is 1.66. The van der Waals surface area contributed by atoms with Gasteiger partial charge in [-0.25, -0.2) is 4.79 Å². The summed E-state index contributed by atoms with van der Waals surface area (Å²) in [5, 5.41) is 17.9. The van der Waals surface area contributed by atoms with E-state index in [2.05, 4.69) is 10.2 Å². The Morgan fingerprint density at radius 1 is 1.56 bits per heavy atom. The zero-order valence-corrected chi connectivity index (χ0v) is 9.56. The highest BCUT2D eigenvalue weighted by atomic mass is 32.1. The van der Waals surface area contributed by atoms with Gasteiger partial charge in [0.15, 0.2) is 0 Å². The monoisotopic (exact) mass is 239 g/mol. The minimum atomic E-state index is -0.718. The topological polar surface area (TPSA) is 66.3 Å². The minimum Gasteiger partial charge on any atom is -0.480 e. The van der Waals surface area contributed by atoms with Gasteiger partial charge in [0.05, 0.1) is 0 Å². The Labute approximate surface area is 97.1 Å². The van der Waals surface area contributed by atoms with Crippen molar-refractivity contribution in [3.63, 3.8) is 0 Å². The van der Waals surface area contributed by atoms with Crippen LogP contribution in [0.3, 0.4) is 0 Å². The van der Waals surface area contributed by atoms with Crippen LogP contribution in [-0.4, -0.2) is 33.9 Å². The van der Waals surface area contributed by atoms with Crippen molar-refractivity contribution in [1.82, 2.24) is 10.2 Å². The first-order chi connectivity index (χ1) is 7.77. The van der Waals surface area contributed by atoms with Crippen LogP contribution in [0.4, 0.5) is 5.13 Å². The molecule has 0 amide bonds. The smallest absolute Gasteiger partial charge is 0.326 e. The van der Waals surface area contributed by atoms with E-state index in [1.54, 1.807) is 5.51 Å². The zero-order chi connectivity index (χ0) is 11.1. The van der Waals surface area contributed by atoms with Crippen LogP contribution in [0.15, 0.2) is 5.51 Å². The molecule has 2 fully saturated rings. The summed E-state index contributed by atoms with van der Waals surface area (Å²) in [6.45, 7) is 0.830. The molecule has 0 radical (unpaired) electrons. The van der Waals surface area contributed by atoms with Gasteiger partial charge in [0.25, 0.3) is 0 Å². The molecule has 0 spiro atoms. The fourth-order valence-corrected chi connectivity index (χ4v) is 3.72. The second-order valence-electron chi connectivity index (χ2n) is 4.51. The van der Waals surface area contributed by atoms with Crippen LogP contribution in [0.25, 0.3) is 0 Å². The number of carboxylic acid groups (broad SMARTS) is 1. The summed E-state index contributed by atoms with van der Waals surface area (Å²) in [6, 6.07) is -0.388. The van der Waals surface area contributed by atoms with Gasteiger partial charge in [0, 0.05) is 6.54 Å². The Kier molecular flexibility index (Phi) is 2.31. The number of hydrogen-bond donors (Lipinski definition) is 1. The quantitative estimate of drug-likeness (QED) is 0.840. The van der Waals surface area contributed by atoms with Gasteiger partial charge in [-0.05, 0) is 24.7 Å². The number of aromatic nitrogens is 2. The molecule has 6 heteroatoms. The van der Waals surface area contributed by atoms with Crippen molar-refractivity contribution in [2.24, 2.45) is 11.8 Å². The molecule has 3 unspecified atom stereocenters. The first-order valence-corrected chi connectivity index (χ1v) is 6.41. The molecule has 1 saturated heterocycles. The molecule has 2 heterocycles. The summed E-state index contributed by atoms with van der Waals surface area (Å²) >= 11 is 1.42. The van der Waals surface area contributed by atoms with E-state index in [0.29, 0.717) is 11.8 Å². The molecule has 16 heavy (non-hydrogen) atoms. The van der Waals surface area contributed by atoms with Crippen molar-refractivity contribution in [1.29, 1.82) is 0 Å². The molecule has 1 aromatic heterocycles. The van der Waals surface area contributed by atoms with E-state index in [1.165, 1.54) is 17.8 Å². The summed E-state index contributed by atoms with van der Waals surface area (Å²) < 4.78 is 0. The fourth-order valence-electron chi connectivity index (χ4n) is 3.11. The summed E-state index contributed by atoms with van der Waals surface area (Å²) in [5.74, 6) is 0.121. The molecule has 3 atom stereocenters. The van der Waals surface area contributed by atoms with Gasteiger partial charge in [-0.3, -0.25) is 0 Å². The highest BCUT2D eigenvalue weighted by molar-refractivity contribution is 7.13. The van der Waals surface area contributed by atoms with Crippen molar-refractivity contribution >= 4 is 22.4 Å². The molecule has 1 aliphatic carbocycles. The maximum atomic E-state index is 11.4. The molecule has 0 aromatic carbocycles. The van der Waals surface area contributed by atoms with Crippen molar-refractivity contribution in [3.05, 3.63) is 5.51 Å². The summed E-state index contributed by atoms with van der Waals surface area (Å²) in [7, 11) is 0. The second-order valence-corrected chi connectivity index (χ2v) is 5.32. The number of hydrogen-bond acceptors (Lipinski definition) is 5. The molecule has 2 aliphatic rings. The predicted octanol–water partition coefficient (Wildman–Crippen LogP) is 1.23. The number of nitrogens with zero attached hydrogens (tertiary/aromatic N) is 3. The minimum absolute atomic E-state index is 0.307. The normalized spacial score (nSPS) is 33.0. The van der Waals surface area contributed by atoms with Gasteiger partial charge in [-0.1, -0.05) is 17.8 Å². The van der Waals surface area contributed by atoms with E-state index in [0.717, 1.165) is 24.5 Å². The van der Waals surface area contributed by atoms with Gasteiger partial charge < -0.3 is 10.0 Å². The van der Waals surface area contributed by atoms with E-state index < -0.39 is 5.97 Å². The van der Waals surface area contributed by atoms with Gasteiger partial charge in [0.1, 0.15) is 11.6 Å². The molecule has 0 bridgehead atoms. The van der Waals surface area contributed by atoms with Crippen LogP contribution in [0.2, 0.25) is 0 Å². The summed E-state index contributed by atoms with van der Waals surface area (Å²) in [4.78, 5) is 13.3. The zero-order valence-electron chi connectivity index (χ0n) is 8.74. The number of carboxylic acids is 1. The van der Waals surface area contributed by atoms with Gasteiger partial charge in [-0.15, -0.1) is 10.2 Å². The van der Waals surface area contributed by atoms with Crippen LogP contribution in [-0.2, 0) is 4.79 Å². The number of rotatable bonds is 2. The SMILES string of the molecule is O=C(O)C1C2CCCC2CN1c1nncs1. The highest BCUT2D eigenvalue weighted by Gasteiger charge is 2.48. The maximum absolute atomic E-state index is 11.4. The van der Waals surface area contributed by atoms with E-state index in [4.69, 9.17) is 0 Å². The Morgan fingerprint density at radius 2 is 2.44 bits per heavy atom. The van der Waals surface area contributed by atoms with E-state index >= 15 is 0 Å². The maximum Gasteiger partial charge on any atom is 0.326 e. The third kappa shape index (κ3) is 1.40. The van der Waals surface area contributed by atoms with Crippen molar-refractivity contribution < 1.29 is 9.90 Å². The van der Waals surface area contributed by atoms with E-state index in [1.807, 2.05) is 4.90 Å². The molecular weight excluding hydrogens is 226 g/mol. The lowest BCUT2D eigenvalue weighted by Crippen LogP contribution is -2.39. The lowest BCUT2D eigenvalue weighted by atomic mass is 9.94. The number of anilines is 1. The first-order valence-electron chi connectivity index (χ1n) is 5.53. The van der Waals surface area contributed by atoms with Crippen molar-refractivity contribution in [3.8, 4) is 0 Å². The fraction of sp³-hybridized carbons (Fsp3) is 0.700. The van der Waals surface area contributed by atoms with E-state index in [-0.39, 0.29) is 6.04 Å². The number of aliphatic carboxylic acids is 1. The number of carbonyl (C=O) groups is 1.